The van der Waals surface area contributed by atoms with E-state index in [0.29, 0.717) is 11.4 Å². The molecule has 2 N–H and O–H groups in total. The van der Waals surface area contributed by atoms with E-state index < -0.39 is 0 Å². The average Bonchev–Trinajstić information content (AvgIpc) is 2.99. The van der Waals surface area contributed by atoms with Gasteiger partial charge in [-0.1, -0.05) is 60.7 Å². The molecule has 1 aromatic heterocycles. The zero-order valence-corrected chi connectivity index (χ0v) is 22.0. The van der Waals surface area contributed by atoms with Crippen LogP contribution in [-0.4, -0.2) is 42.2 Å². The van der Waals surface area contributed by atoms with Gasteiger partial charge in [-0.25, -0.2) is 4.79 Å². The molecule has 0 aliphatic carbocycles. The second-order valence-corrected chi connectivity index (χ2v) is 9.66. The van der Waals surface area contributed by atoms with Crippen molar-refractivity contribution in [2.45, 2.75) is 6.54 Å². The van der Waals surface area contributed by atoms with Gasteiger partial charge in [0.2, 0.25) is 0 Å². The summed E-state index contributed by atoms with van der Waals surface area (Å²) in [5.41, 5.74) is 4.51. The average molecular weight is 531 g/mol. The molecule has 1 saturated heterocycles. The number of para-hydroxylation sites is 1. The van der Waals surface area contributed by atoms with Crippen molar-refractivity contribution in [3.63, 3.8) is 0 Å². The van der Waals surface area contributed by atoms with Gasteiger partial charge in [-0.15, -0.1) is 0 Å². The molecule has 1 fully saturated rings. The SMILES string of the molecule is O=C(Nc1cccc(Oc2ccccc2)c1)Nc1ccc(-c2ccc(CN3CCOCC3)nc2)c2ccccc12. The molecular weight excluding hydrogens is 500 g/mol. The van der Waals surface area contributed by atoms with E-state index in [9.17, 15) is 4.79 Å². The fourth-order valence-corrected chi connectivity index (χ4v) is 4.87. The van der Waals surface area contributed by atoms with Crippen LogP contribution in [-0.2, 0) is 11.3 Å². The fraction of sp³-hybridized carbons (Fsp3) is 0.152. The van der Waals surface area contributed by atoms with Gasteiger partial charge in [-0.05, 0) is 47.3 Å². The summed E-state index contributed by atoms with van der Waals surface area (Å²) in [6, 6.07) is 32.8. The van der Waals surface area contributed by atoms with E-state index >= 15 is 0 Å². The lowest BCUT2D eigenvalue weighted by atomic mass is 9.98. The van der Waals surface area contributed by atoms with Gasteiger partial charge in [0.1, 0.15) is 11.5 Å². The number of nitrogens with one attached hydrogen (secondary N) is 2. The van der Waals surface area contributed by atoms with Gasteiger partial charge in [0.25, 0.3) is 0 Å². The molecule has 0 bridgehead atoms. The van der Waals surface area contributed by atoms with Crippen LogP contribution in [0.4, 0.5) is 16.2 Å². The Morgan fingerprint density at radius 3 is 2.38 bits per heavy atom. The molecule has 4 aromatic carbocycles. The minimum atomic E-state index is -0.330. The number of aromatic nitrogens is 1. The molecule has 1 aliphatic rings. The number of rotatable bonds is 7. The van der Waals surface area contributed by atoms with E-state index in [4.69, 9.17) is 14.5 Å². The molecule has 6 rings (SSSR count). The largest absolute Gasteiger partial charge is 0.457 e. The van der Waals surface area contributed by atoms with Gasteiger partial charge in [0, 0.05) is 48.5 Å². The van der Waals surface area contributed by atoms with Crippen molar-refractivity contribution >= 4 is 28.2 Å². The van der Waals surface area contributed by atoms with Crippen molar-refractivity contribution in [2.24, 2.45) is 0 Å². The third kappa shape index (κ3) is 6.12. The van der Waals surface area contributed by atoms with Crippen LogP contribution in [0.2, 0.25) is 0 Å². The summed E-state index contributed by atoms with van der Waals surface area (Å²) >= 11 is 0. The number of benzene rings is 4. The maximum absolute atomic E-state index is 13.0. The van der Waals surface area contributed by atoms with E-state index in [-0.39, 0.29) is 6.03 Å². The molecule has 40 heavy (non-hydrogen) atoms. The molecule has 0 radical (unpaired) electrons. The van der Waals surface area contributed by atoms with Crippen molar-refractivity contribution in [3.8, 4) is 22.6 Å². The number of hydrogen-bond acceptors (Lipinski definition) is 5. The number of carbonyl (C=O) groups is 1. The number of ether oxygens (including phenoxy) is 2. The number of hydrogen-bond donors (Lipinski definition) is 2. The lowest BCUT2D eigenvalue weighted by Gasteiger charge is -2.26. The zero-order chi connectivity index (χ0) is 27.1. The van der Waals surface area contributed by atoms with E-state index in [1.165, 1.54) is 0 Å². The summed E-state index contributed by atoms with van der Waals surface area (Å²) in [5, 5.41) is 7.92. The number of fused-ring (bicyclic) bond motifs is 1. The molecule has 7 nitrogen and oxygen atoms in total. The molecular formula is C33H30N4O3. The predicted octanol–water partition coefficient (Wildman–Crippen LogP) is 7.17. The van der Waals surface area contributed by atoms with Crippen LogP contribution in [0.25, 0.3) is 21.9 Å². The molecule has 2 amide bonds. The number of anilines is 2. The van der Waals surface area contributed by atoms with E-state index in [1.807, 2.05) is 85.1 Å². The first-order valence-corrected chi connectivity index (χ1v) is 13.4. The monoisotopic (exact) mass is 530 g/mol. The van der Waals surface area contributed by atoms with Crippen LogP contribution < -0.4 is 15.4 Å². The first kappa shape index (κ1) is 25.6. The van der Waals surface area contributed by atoms with E-state index in [1.54, 1.807) is 6.07 Å². The molecule has 1 aliphatic heterocycles. The second-order valence-electron chi connectivity index (χ2n) is 9.66. The Balaban J connectivity index is 1.17. The number of pyridine rings is 1. The number of urea groups is 1. The van der Waals surface area contributed by atoms with Gasteiger partial charge in [0.15, 0.2) is 0 Å². The summed E-state index contributed by atoms with van der Waals surface area (Å²) in [7, 11) is 0. The maximum atomic E-state index is 13.0. The highest BCUT2D eigenvalue weighted by atomic mass is 16.5. The third-order valence-electron chi connectivity index (χ3n) is 6.87. The molecule has 0 atom stereocenters. The quantitative estimate of drug-likeness (QED) is 0.233. The number of morpholine rings is 1. The first-order chi connectivity index (χ1) is 19.7. The number of carbonyl (C=O) groups excluding carboxylic acids is 1. The van der Waals surface area contributed by atoms with Crippen molar-refractivity contribution in [2.75, 3.05) is 36.9 Å². The minimum Gasteiger partial charge on any atom is -0.457 e. The van der Waals surface area contributed by atoms with Crippen LogP contribution >= 0.6 is 0 Å². The van der Waals surface area contributed by atoms with E-state index in [2.05, 4.69) is 33.7 Å². The van der Waals surface area contributed by atoms with Crippen molar-refractivity contribution in [1.82, 2.24) is 9.88 Å². The van der Waals surface area contributed by atoms with Gasteiger partial charge in [-0.3, -0.25) is 9.88 Å². The molecule has 5 aromatic rings. The predicted molar refractivity (Wildman–Crippen MR) is 159 cm³/mol. The molecule has 0 spiro atoms. The van der Waals surface area contributed by atoms with Gasteiger partial charge in [-0.2, -0.15) is 0 Å². The highest BCUT2D eigenvalue weighted by molar-refractivity contribution is 6.09. The Labute approximate surface area is 233 Å². The summed E-state index contributed by atoms with van der Waals surface area (Å²) in [6.07, 6.45) is 1.93. The topological polar surface area (TPSA) is 75.7 Å². The van der Waals surface area contributed by atoms with Crippen molar-refractivity contribution < 1.29 is 14.3 Å². The first-order valence-electron chi connectivity index (χ1n) is 13.4. The summed E-state index contributed by atoms with van der Waals surface area (Å²) in [4.78, 5) is 20.1. The Morgan fingerprint density at radius 2 is 1.57 bits per heavy atom. The smallest absolute Gasteiger partial charge is 0.323 e. The van der Waals surface area contributed by atoms with Crippen LogP contribution in [0.1, 0.15) is 5.69 Å². The van der Waals surface area contributed by atoms with Gasteiger partial charge >= 0.3 is 6.03 Å². The highest BCUT2D eigenvalue weighted by Crippen LogP contribution is 2.33. The highest BCUT2D eigenvalue weighted by Gasteiger charge is 2.13. The Kier molecular flexibility index (Phi) is 7.66. The normalized spacial score (nSPS) is 13.6. The van der Waals surface area contributed by atoms with Crippen LogP contribution in [0.5, 0.6) is 11.5 Å². The minimum absolute atomic E-state index is 0.330. The lowest BCUT2D eigenvalue weighted by molar-refractivity contribution is 0.0336. The standard InChI is InChI=1S/C33H30N4O3/c38-33(35-25-7-6-10-28(21-25)40-27-8-2-1-3-9-27)36-32-16-15-29(30-11-4-5-12-31(30)32)24-13-14-26(34-22-24)23-37-17-19-39-20-18-37/h1-16,21-22H,17-20,23H2,(H2,35,36,38). The second kappa shape index (κ2) is 12.0. The molecule has 7 heteroatoms. The maximum Gasteiger partial charge on any atom is 0.323 e. The number of amides is 2. The molecule has 0 saturated carbocycles. The summed E-state index contributed by atoms with van der Waals surface area (Å²) < 4.78 is 11.3. The Hall–Kier alpha value is -4.72. The van der Waals surface area contributed by atoms with Crippen molar-refractivity contribution in [3.05, 3.63) is 115 Å². The van der Waals surface area contributed by atoms with E-state index in [0.717, 1.165) is 71.9 Å². The van der Waals surface area contributed by atoms with Crippen LogP contribution in [0.3, 0.4) is 0 Å². The van der Waals surface area contributed by atoms with Crippen LogP contribution in [0.15, 0.2) is 109 Å². The Morgan fingerprint density at radius 1 is 0.800 bits per heavy atom. The Bertz CT molecular complexity index is 1600. The van der Waals surface area contributed by atoms with Crippen LogP contribution in [0, 0.1) is 0 Å². The molecule has 200 valence electrons. The summed E-state index contributed by atoms with van der Waals surface area (Å²) in [5.74, 6) is 1.38. The summed E-state index contributed by atoms with van der Waals surface area (Å²) in [6.45, 7) is 4.24. The molecule has 2 heterocycles. The third-order valence-corrected chi connectivity index (χ3v) is 6.87. The number of nitrogens with zero attached hydrogens (tertiary/aromatic N) is 2. The van der Waals surface area contributed by atoms with Crippen molar-refractivity contribution in [1.29, 1.82) is 0 Å². The zero-order valence-electron chi connectivity index (χ0n) is 22.0. The molecule has 0 unspecified atom stereocenters. The lowest BCUT2D eigenvalue weighted by Crippen LogP contribution is -2.35. The van der Waals surface area contributed by atoms with Gasteiger partial charge in [0.05, 0.1) is 24.6 Å². The fourth-order valence-electron chi connectivity index (χ4n) is 4.87. The van der Waals surface area contributed by atoms with Gasteiger partial charge < -0.3 is 20.1 Å².